The van der Waals surface area contributed by atoms with Crippen LogP contribution in [0, 0.1) is 0 Å². The van der Waals surface area contributed by atoms with Gasteiger partial charge in [0.05, 0.1) is 22.8 Å². The summed E-state index contributed by atoms with van der Waals surface area (Å²) >= 11 is 0.958. The van der Waals surface area contributed by atoms with Crippen molar-refractivity contribution in [3.05, 3.63) is 24.3 Å². The standard InChI is InChI=1S/C15H18N2O5S2/c1-10(2)22-12-3-5-13(6-4-12)24(20,21)16-7-11(8-16)17-14(18)9-23-15(17)19/h3-6,10-11H,7-9H2,1-2H3. The van der Waals surface area contributed by atoms with Crippen LogP contribution in [0.15, 0.2) is 29.2 Å². The number of imide groups is 1. The molecule has 0 bridgehead atoms. The van der Waals surface area contributed by atoms with Crippen LogP contribution < -0.4 is 4.74 Å². The first-order valence-corrected chi connectivity index (χ1v) is 9.97. The van der Waals surface area contributed by atoms with Gasteiger partial charge in [0.2, 0.25) is 15.9 Å². The van der Waals surface area contributed by atoms with E-state index in [1.807, 2.05) is 13.8 Å². The van der Waals surface area contributed by atoms with Gasteiger partial charge in [-0.05, 0) is 38.1 Å². The minimum atomic E-state index is -3.62. The number of ether oxygens (including phenoxy) is 1. The first-order valence-electron chi connectivity index (χ1n) is 7.54. The third kappa shape index (κ3) is 3.15. The van der Waals surface area contributed by atoms with E-state index in [-0.39, 0.29) is 47.0 Å². The summed E-state index contributed by atoms with van der Waals surface area (Å²) < 4.78 is 31.9. The lowest BCUT2D eigenvalue weighted by atomic mass is 10.1. The number of thioether (sulfide) groups is 1. The predicted octanol–water partition coefficient (Wildman–Crippen LogP) is 1.54. The highest BCUT2D eigenvalue weighted by Gasteiger charge is 2.45. The molecule has 0 spiro atoms. The topological polar surface area (TPSA) is 84.0 Å². The van der Waals surface area contributed by atoms with Gasteiger partial charge in [0.1, 0.15) is 5.75 Å². The molecule has 130 valence electrons. The molecule has 0 saturated carbocycles. The van der Waals surface area contributed by atoms with Gasteiger partial charge in [0, 0.05) is 13.1 Å². The van der Waals surface area contributed by atoms with Gasteiger partial charge in [-0.2, -0.15) is 4.31 Å². The van der Waals surface area contributed by atoms with Crippen molar-refractivity contribution in [2.75, 3.05) is 18.8 Å². The maximum atomic E-state index is 12.6. The van der Waals surface area contributed by atoms with Gasteiger partial charge in [-0.15, -0.1) is 0 Å². The molecule has 2 fully saturated rings. The Bertz CT molecular complexity index is 739. The average molecular weight is 370 g/mol. The van der Waals surface area contributed by atoms with E-state index in [0.717, 1.165) is 11.8 Å². The van der Waals surface area contributed by atoms with Crippen LogP contribution >= 0.6 is 11.8 Å². The molecule has 0 aliphatic carbocycles. The summed E-state index contributed by atoms with van der Waals surface area (Å²) in [6.07, 6.45) is 0.0111. The van der Waals surface area contributed by atoms with Crippen LogP contribution in [0.1, 0.15) is 13.8 Å². The second kappa shape index (κ2) is 6.38. The summed E-state index contributed by atoms with van der Waals surface area (Å²) in [5, 5.41) is -0.294. The van der Waals surface area contributed by atoms with Crippen molar-refractivity contribution in [3.63, 3.8) is 0 Å². The number of nitrogens with zero attached hydrogens (tertiary/aromatic N) is 2. The lowest BCUT2D eigenvalue weighted by molar-refractivity contribution is -0.127. The van der Waals surface area contributed by atoms with E-state index in [4.69, 9.17) is 4.74 Å². The number of carbonyl (C=O) groups is 2. The smallest absolute Gasteiger partial charge is 0.289 e. The maximum absolute atomic E-state index is 12.6. The third-order valence-electron chi connectivity index (χ3n) is 3.81. The highest BCUT2D eigenvalue weighted by atomic mass is 32.2. The molecule has 2 heterocycles. The quantitative estimate of drug-likeness (QED) is 0.782. The second-order valence-corrected chi connectivity index (χ2v) is 8.80. The highest BCUT2D eigenvalue weighted by Crippen LogP contribution is 2.30. The maximum Gasteiger partial charge on any atom is 0.289 e. The Labute approximate surface area is 145 Å². The zero-order valence-corrected chi connectivity index (χ0v) is 15.0. The third-order valence-corrected chi connectivity index (χ3v) is 6.49. The van der Waals surface area contributed by atoms with Gasteiger partial charge in [-0.3, -0.25) is 14.5 Å². The molecular weight excluding hydrogens is 352 g/mol. The Morgan fingerprint density at radius 2 is 1.79 bits per heavy atom. The van der Waals surface area contributed by atoms with E-state index in [2.05, 4.69) is 0 Å². The second-order valence-electron chi connectivity index (χ2n) is 5.93. The van der Waals surface area contributed by atoms with E-state index < -0.39 is 10.0 Å². The molecule has 2 saturated heterocycles. The molecule has 1 aromatic carbocycles. The summed E-state index contributed by atoms with van der Waals surface area (Å²) in [6.45, 7) is 4.07. The predicted molar refractivity (Wildman–Crippen MR) is 89.5 cm³/mol. The zero-order valence-electron chi connectivity index (χ0n) is 13.3. The molecular formula is C15H18N2O5S2. The van der Waals surface area contributed by atoms with Gasteiger partial charge in [0.25, 0.3) is 5.24 Å². The molecule has 0 aromatic heterocycles. The Kier molecular flexibility index (Phi) is 4.58. The number of carbonyl (C=O) groups excluding carboxylic acids is 2. The SMILES string of the molecule is CC(C)Oc1ccc(S(=O)(=O)N2CC(N3C(=O)CSC3=O)C2)cc1. The van der Waals surface area contributed by atoms with Crippen LogP contribution in [-0.2, 0) is 14.8 Å². The zero-order chi connectivity index (χ0) is 17.5. The van der Waals surface area contributed by atoms with Gasteiger partial charge < -0.3 is 4.74 Å². The van der Waals surface area contributed by atoms with Crippen LogP contribution in [-0.4, -0.2) is 59.8 Å². The lowest BCUT2D eigenvalue weighted by Gasteiger charge is -2.41. The molecule has 0 radical (unpaired) electrons. The fourth-order valence-electron chi connectivity index (χ4n) is 2.60. The molecule has 2 aliphatic rings. The summed E-state index contributed by atoms with van der Waals surface area (Å²) in [5.74, 6) is 0.498. The van der Waals surface area contributed by atoms with Crippen LogP contribution in [0.25, 0.3) is 0 Å². The molecule has 7 nitrogen and oxygen atoms in total. The molecule has 0 unspecified atom stereocenters. The van der Waals surface area contributed by atoms with Crippen molar-refractivity contribution >= 4 is 32.9 Å². The van der Waals surface area contributed by atoms with E-state index in [9.17, 15) is 18.0 Å². The van der Waals surface area contributed by atoms with E-state index in [0.29, 0.717) is 5.75 Å². The van der Waals surface area contributed by atoms with Crippen molar-refractivity contribution in [2.45, 2.75) is 30.9 Å². The fourth-order valence-corrected chi connectivity index (χ4v) is 4.90. The Balaban J connectivity index is 1.67. The van der Waals surface area contributed by atoms with E-state index in [1.165, 1.54) is 21.3 Å². The van der Waals surface area contributed by atoms with Gasteiger partial charge in [0.15, 0.2) is 0 Å². The van der Waals surface area contributed by atoms with Crippen molar-refractivity contribution in [2.24, 2.45) is 0 Å². The van der Waals surface area contributed by atoms with E-state index >= 15 is 0 Å². The monoisotopic (exact) mass is 370 g/mol. The Morgan fingerprint density at radius 1 is 1.17 bits per heavy atom. The largest absolute Gasteiger partial charge is 0.491 e. The fraction of sp³-hybridized carbons (Fsp3) is 0.467. The summed E-state index contributed by atoms with van der Waals surface area (Å²) in [6, 6.07) is 5.88. The number of hydrogen-bond donors (Lipinski definition) is 0. The highest BCUT2D eigenvalue weighted by molar-refractivity contribution is 8.14. The summed E-state index contributed by atoms with van der Waals surface area (Å²) in [7, 11) is -3.62. The van der Waals surface area contributed by atoms with Crippen molar-refractivity contribution in [1.82, 2.24) is 9.21 Å². The Morgan fingerprint density at radius 3 is 2.29 bits per heavy atom. The van der Waals surface area contributed by atoms with Crippen molar-refractivity contribution < 1.29 is 22.7 Å². The molecule has 1 aromatic rings. The molecule has 9 heteroatoms. The lowest BCUT2D eigenvalue weighted by Crippen LogP contribution is -2.61. The Hall–Kier alpha value is -1.58. The first kappa shape index (κ1) is 17.2. The van der Waals surface area contributed by atoms with Crippen LogP contribution in [0.3, 0.4) is 0 Å². The van der Waals surface area contributed by atoms with Crippen LogP contribution in [0.2, 0.25) is 0 Å². The van der Waals surface area contributed by atoms with Gasteiger partial charge >= 0.3 is 0 Å². The molecule has 0 atom stereocenters. The van der Waals surface area contributed by atoms with Gasteiger partial charge in [-0.1, -0.05) is 11.8 Å². The minimum absolute atomic E-state index is 0.0111. The number of hydrogen-bond acceptors (Lipinski definition) is 6. The molecule has 2 aliphatic heterocycles. The van der Waals surface area contributed by atoms with E-state index in [1.54, 1.807) is 12.1 Å². The minimum Gasteiger partial charge on any atom is -0.491 e. The molecule has 0 N–H and O–H groups in total. The van der Waals surface area contributed by atoms with Crippen LogP contribution in [0.5, 0.6) is 5.75 Å². The average Bonchev–Trinajstić information content (AvgIpc) is 2.78. The molecule has 24 heavy (non-hydrogen) atoms. The van der Waals surface area contributed by atoms with Crippen molar-refractivity contribution in [1.29, 1.82) is 0 Å². The molecule has 3 rings (SSSR count). The normalized spacial score (nSPS) is 19.9. The first-order chi connectivity index (χ1) is 11.3. The number of amides is 2. The van der Waals surface area contributed by atoms with Gasteiger partial charge in [-0.25, -0.2) is 8.42 Å². The number of sulfonamides is 1. The van der Waals surface area contributed by atoms with Crippen LogP contribution in [0.4, 0.5) is 4.79 Å². The molecule has 2 amide bonds. The summed E-state index contributed by atoms with van der Waals surface area (Å²) in [4.78, 5) is 24.7. The van der Waals surface area contributed by atoms with Crippen molar-refractivity contribution in [3.8, 4) is 5.75 Å². The number of rotatable bonds is 5. The summed E-state index contributed by atoms with van der Waals surface area (Å²) in [5.41, 5.74) is 0. The number of benzene rings is 1.